The number of nitrogens with zero attached hydrogens (tertiary/aromatic N) is 3. The van der Waals surface area contributed by atoms with Gasteiger partial charge < -0.3 is 27.0 Å². The van der Waals surface area contributed by atoms with Crippen LogP contribution in [0.2, 0.25) is 0 Å². The fourth-order valence-corrected chi connectivity index (χ4v) is 6.48. The lowest BCUT2D eigenvalue weighted by Gasteiger charge is -2.14. The molecule has 1 atom stereocenters. The molecule has 2 aromatic heterocycles. The van der Waals surface area contributed by atoms with E-state index >= 15 is 0 Å². The lowest BCUT2D eigenvalue weighted by molar-refractivity contribution is 0.186. The van der Waals surface area contributed by atoms with E-state index in [4.69, 9.17) is 21.4 Å². The Hall–Kier alpha value is -6.19. The Balaban J connectivity index is 0.000000164. The predicted molar refractivity (Wildman–Crippen MR) is 216 cm³/mol. The van der Waals surface area contributed by atoms with Crippen LogP contribution in [0.4, 0.5) is 22.7 Å². The van der Waals surface area contributed by atoms with Gasteiger partial charge in [-0.1, -0.05) is 86.1 Å². The highest BCUT2D eigenvalue weighted by Gasteiger charge is 2.14. The highest BCUT2D eigenvalue weighted by atomic mass is 16.3. The molecule has 0 aliphatic rings. The second kappa shape index (κ2) is 15.4. The third-order valence-corrected chi connectivity index (χ3v) is 8.87. The number of para-hydroxylation sites is 4. The minimum Gasteiger partial charge on any atom is -0.399 e. The Morgan fingerprint density at radius 2 is 1.25 bits per heavy atom. The standard InChI is InChI=1S/C24H23N3O.C20H17N3O/c1-2-3-12-26-18-14-16(13-17(15-18)24(25)28)23-19-8-4-6-10-21(19)27-22-11-7-5-9-20(22)23;21-14-9-13(12-24)10-15(11-14)22-20-16-5-1-3-7-18(16)23-19-8-4-2-6-17(19)20/h4-15,24,28H,2-3,25H2,1H3;1-11,24H,12,21H2,(H,22,23). The molecule has 2 heterocycles. The maximum absolute atomic E-state index is 10.0. The van der Waals surface area contributed by atoms with E-state index in [1.165, 1.54) is 0 Å². The SMILES string of the molecule is CCCC=Nc1cc(-c2c3ccccc3nc3ccccc23)cc(C(N)O)c1.Nc1cc(CO)cc(Nc2c3ccccc3nc3ccccc23)c1. The number of nitrogens with two attached hydrogens (primary N) is 2. The van der Waals surface area contributed by atoms with Crippen LogP contribution in [0, 0.1) is 0 Å². The number of unbranched alkanes of at least 4 members (excludes halogenated alkanes) is 1. The van der Waals surface area contributed by atoms with Gasteiger partial charge in [-0.05, 0) is 83.8 Å². The van der Waals surface area contributed by atoms with Gasteiger partial charge in [-0.25, -0.2) is 9.97 Å². The van der Waals surface area contributed by atoms with Crippen LogP contribution in [0.3, 0.4) is 0 Å². The van der Waals surface area contributed by atoms with Crippen molar-refractivity contribution in [3.05, 3.63) is 145 Å². The van der Waals surface area contributed by atoms with Crippen molar-refractivity contribution in [1.29, 1.82) is 0 Å². The average Bonchev–Trinajstić information content (AvgIpc) is 3.17. The number of nitrogens with one attached hydrogen (secondary N) is 1. The van der Waals surface area contributed by atoms with E-state index in [-0.39, 0.29) is 6.61 Å². The van der Waals surface area contributed by atoms with Crippen molar-refractivity contribution in [3.8, 4) is 11.1 Å². The summed E-state index contributed by atoms with van der Waals surface area (Å²) in [4.78, 5) is 14.1. The summed E-state index contributed by atoms with van der Waals surface area (Å²) in [5, 5.41) is 27.1. The van der Waals surface area contributed by atoms with Gasteiger partial charge in [0.25, 0.3) is 0 Å². The monoisotopic (exact) mass is 684 g/mol. The summed E-state index contributed by atoms with van der Waals surface area (Å²) in [5.41, 5.74) is 22.2. The Kier molecular flexibility index (Phi) is 10.1. The Morgan fingerprint density at radius 1 is 0.712 bits per heavy atom. The van der Waals surface area contributed by atoms with Crippen molar-refractivity contribution in [2.75, 3.05) is 11.1 Å². The van der Waals surface area contributed by atoms with Gasteiger partial charge >= 0.3 is 0 Å². The Bertz CT molecular complexity index is 2460. The maximum atomic E-state index is 10.0. The molecule has 0 radical (unpaired) electrons. The quantitative estimate of drug-likeness (QED) is 0.0464. The van der Waals surface area contributed by atoms with Crippen LogP contribution < -0.4 is 16.8 Å². The number of fused-ring (bicyclic) bond motifs is 4. The first-order valence-electron chi connectivity index (χ1n) is 17.4. The second-order valence-corrected chi connectivity index (χ2v) is 12.6. The minimum atomic E-state index is -1.06. The van der Waals surface area contributed by atoms with Crippen molar-refractivity contribution in [2.24, 2.45) is 10.7 Å². The molecule has 0 fully saturated rings. The summed E-state index contributed by atoms with van der Waals surface area (Å²) in [5.74, 6) is 0. The fourth-order valence-electron chi connectivity index (χ4n) is 6.48. The largest absolute Gasteiger partial charge is 0.399 e. The number of aliphatic imine (C=N–C) groups is 1. The van der Waals surface area contributed by atoms with Crippen LogP contribution in [0.25, 0.3) is 54.7 Å². The van der Waals surface area contributed by atoms with E-state index in [2.05, 4.69) is 41.5 Å². The molecule has 8 aromatic rings. The number of rotatable bonds is 8. The summed E-state index contributed by atoms with van der Waals surface area (Å²) in [7, 11) is 0. The van der Waals surface area contributed by atoms with E-state index in [0.717, 1.165) is 90.2 Å². The van der Waals surface area contributed by atoms with Crippen molar-refractivity contribution >= 4 is 72.6 Å². The van der Waals surface area contributed by atoms with Crippen LogP contribution in [-0.4, -0.2) is 26.4 Å². The van der Waals surface area contributed by atoms with Gasteiger partial charge in [-0.15, -0.1) is 0 Å². The van der Waals surface area contributed by atoms with Crippen LogP contribution in [-0.2, 0) is 6.61 Å². The van der Waals surface area contributed by atoms with Gasteiger partial charge in [0.05, 0.1) is 40.0 Å². The van der Waals surface area contributed by atoms with E-state index in [1.54, 1.807) is 6.07 Å². The molecule has 0 aliphatic carbocycles. The highest BCUT2D eigenvalue weighted by Crippen LogP contribution is 2.38. The van der Waals surface area contributed by atoms with Gasteiger partial charge in [0, 0.05) is 44.7 Å². The molecule has 258 valence electrons. The molecule has 8 heteroatoms. The molecule has 8 rings (SSSR count). The topological polar surface area (TPSA) is 143 Å². The zero-order valence-corrected chi connectivity index (χ0v) is 28.9. The summed E-state index contributed by atoms with van der Waals surface area (Å²) in [6.07, 6.45) is 2.80. The molecule has 1 unspecified atom stereocenters. The first kappa shape index (κ1) is 34.3. The van der Waals surface area contributed by atoms with Gasteiger partial charge in [-0.2, -0.15) is 0 Å². The van der Waals surface area contributed by atoms with Gasteiger partial charge in [0.2, 0.25) is 0 Å². The Morgan fingerprint density at radius 3 is 1.79 bits per heavy atom. The van der Waals surface area contributed by atoms with E-state index < -0.39 is 6.23 Å². The molecule has 0 spiro atoms. The third kappa shape index (κ3) is 7.31. The Labute approximate surface area is 302 Å². The molecule has 0 bridgehead atoms. The third-order valence-electron chi connectivity index (χ3n) is 8.87. The van der Waals surface area contributed by atoms with E-state index in [0.29, 0.717) is 11.3 Å². The number of aliphatic hydroxyl groups is 2. The molecular weight excluding hydrogens is 645 g/mol. The minimum absolute atomic E-state index is 0.0441. The molecule has 0 saturated heterocycles. The molecule has 0 aliphatic heterocycles. The van der Waals surface area contributed by atoms with Gasteiger partial charge in [0.1, 0.15) is 6.23 Å². The highest BCUT2D eigenvalue weighted by molar-refractivity contribution is 6.10. The number of pyridine rings is 2. The maximum Gasteiger partial charge on any atom is 0.128 e. The fraction of sp³-hybridized carbons (Fsp3) is 0.114. The zero-order valence-electron chi connectivity index (χ0n) is 28.9. The van der Waals surface area contributed by atoms with Gasteiger partial charge in [-0.3, -0.25) is 4.99 Å². The molecule has 6 aromatic carbocycles. The first-order chi connectivity index (χ1) is 25.4. The number of nitrogen functional groups attached to an aromatic ring is 1. The van der Waals surface area contributed by atoms with Crippen LogP contribution in [0.1, 0.15) is 37.1 Å². The van der Waals surface area contributed by atoms with Crippen LogP contribution in [0.15, 0.2) is 138 Å². The summed E-state index contributed by atoms with van der Waals surface area (Å²) in [6, 6.07) is 43.7. The predicted octanol–water partition coefficient (Wildman–Crippen LogP) is 9.71. The number of aromatic nitrogens is 2. The van der Waals surface area contributed by atoms with Crippen molar-refractivity contribution in [1.82, 2.24) is 9.97 Å². The average molecular weight is 685 g/mol. The number of hydrogen-bond acceptors (Lipinski definition) is 8. The van der Waals surface area contributed by atoms with Crippen LogP contribution >= 0.6 is 0 Å². The molecule has 0 amide bonds. The number of benzene rings is 6. The summed E-state index contributed by atoms with van der Waals surface area (Å²) in [6.45, 7) is 2.07. The first-order valence-corrected chi connectivity index (χ1v) is 17.4. The molecule has 0 saturated carbocycles. The number of hydrogen-bond donors (Lipinski definition) is 5. The van der Waals surface area contributed by atoms with E-state index in [9.17, 15) is 10.2 Å². The van der Waals surface area contributed by atoms with Gasteiger partial charge in [0.15, 0.2) is 0 Å². The number of anilines is 3. The van der Waals surface area contributed by atoms with Crippen LogP contribution in [0.5, 0.6) is 0 Å². The lowest BCUT2D eigenvalue weighted by Crippen LogP contribution is -2.08. The van der Waals surface area contributed by atoms with Crippen molar-refractivity contribution in [2.45, 2.75) is 32.6 Å². The van der Waals surface area contributed by atoms with Crippen molar-refractivity contribution in [3.63, 3.8) is 0 Å². The normalized spacial score (nSPS) is 12.0. The summed E-state index contributed by atoms with van der Waals surface area (Å²) < 4.78 is 0. The number of aliphatic hydroxyl groups excluding tert-OH is 2. The summed E-state index contributed by atoms with van der Waals surface area (Å²) >= 11 is 0. The zero-order chi connectivity index (χ0) is 36.0. The van der Waals surface area contributed by atoms with Crippen molar-refractivity contribution < 1.29 is 10.2 Å². The second-order valence-electron chi connectivity index (χ2n) is 12.6. The lowest BCUT2D eigenvalue weighted by atomic mass is 9.94. The molecule has 8 nitrogen and oxygen atoms in total. The molecule has 7 N–H and O–H groups in total. The molecule has 52 heavy (non-hydrogen) atoms. The van der Waals surface area contributed by atoms with E-state index in [1.807, 2.05) is 109 Å². The smallest absolute Gasteiger partial charge is 0.128 e. The molecular formula is C44H40N6O2.